The second-order valence-electron chi connectivity index (χ2n) is 5.22. The van der Waals surface area contributed by atoms with Crippen LogP contribution in [0.5, 0.6) is 11.5 Å². The van der Waals surface area contributed by atoms with E-state index in [1.165, 1.54) is 6.42 Å². The molecule has 4 nitrogen and oxygen atoms in total. The van der Waals surface area contributed by atoms with Gasteiger partial charge in [-0.05, 0) is 44.1 Å². The second kappa shape index (κ2) is 7.16. The van der Waals surface area contributed by atoms with Crippen molar-refractivity contribution in [2.45, 2.75) is 13.0 Å². The van der Waals surface area contributed by atoms with Crippen LogP contribution in [0.25, 0.3) is 0 Å². The van der Waals surface area contributed by atoms with Gasteiger partial charge >= 0.3 is 0 Å². The van der Waals surface area contributed by atoms with Crippen molar-refractivity contribution in [1.29, 1.82) is 0 Å². The molecular formula is C15H23ClN2O2. The van der Waals surface area contributed by atoms with E-state index < -0.39 is 0 Å². The first-order valence-corrected chi connectivity index (χ1v) is 7.33. The number of hydrogen-bond acceptors (Lipinski definition) is 4. The smallest absolute Gasteiger partial charge is 0.179 e. The molecule has 1 heterocycles. The van der Waals surface area contributed by atoms with Crippen LogP contribution in [0.2, 0.25) is 5.02 Å². The highest BCUT2D eigenvalue weighted by molar-refractivity contribution is 6.33. The van der Waals surface area contributed by atoms with Gasteiger partial charge in [-0.25, -0.2) is 0 Å². The standard InChI is InChI=1S/C15H23ClN2O2/c1-17-8-11-6-7-18(9-11)10-12-4-5-13(19-2)15(20-3)14(12)16/h4-5,11,17H,6-10H2,1-3H3. The zero-order valence-corrected chi connectivity index (χ0v) is 13.2. The van der Waals surface area contributed by atoms with Gasteiger partial charge in [-0.1, -0.05) is 17.7 Å². The summed E-state index contributed by atoms with van der Waals surface area (Å²) in [5.41, 5.74) is 1.09. The number of nitrogens with one attached hydrogen (secondary N) is 1. The van der Waals surface area contributed by atoms with Crippen molar-refractivity contribution in [2.75, 3.05) is 40.9 Å². The Hall–Kier alpha value is -0.970. The number of rotatable bonds is 6. The number of methoxy groups -OCH3 is 2. The summed E-state index contributed by atoms with van der Waals surface area (Å²) in [6.45, 7) is 4.18. The Bertz CT molecular complexity index is 454. The minimum atomic E-state index is 0.623. The van der Waals surface area contributed by atoms with Crippen LogP contribution in [0.4, 0.5) is 0 Å². The van der Waals surface area contributed by atoms with E-state index in [9.17, 15) is 0 Å². The molecule has 1 aromatic carbocycles. The third-order valence-electron chi connectivity index (χ3n) is 3.82. The van der Waals surface area contributed by atoms with Gasteiger partial charge in [0, 0.05) is 13.1 Å². The number of ether oxygens (including phenoxy) is 2. The molecule has 112 valence electrons. The second-order valence-corrected chi connectivity index (χ2v) is 5.60. The lowest BCUT2D eigenvalue weighted by Gasteiger charge is -2.19. The van der Waals surface area contributed by atoms with Crippen molar-refractivity contribution in [3.63, 3.8) is 0 Å². The van der Waals surface area contributed by atoms with Crippen molar-refractivity contribution in [3.8, 4) is 11.5 Å². The molecule has 1 aliphatic rings. The number of halogens is 1. The number of nitrogens with zero attached hydrogens (tertiary/aromatic N) is 1. The fourth-order valence-electron chi connectivity index (χ4n) is 2.80. The van der Waals surface area contributed by atoms with E-state index in [-0.39, 0.29) is 0 Å². The van der Waals surface area contributed by atoms with Gasteiger partial charge in [-0.15, -0.1) is 0 Å². The Balaban J connectivity index is 2.07. The normalized spacial score (nSPS) is 19.3. The molecule has 0 amide bonds. The van der Waals surface area contributed by atoms with Gasteiger partial charge in [0.2, 0.25) is 0 Å². The topological polar surface area (TPSA) is 33.7 Å². The highest BCUT2D eigenvalue weighted by Gasteiger charge is 2.23. The molecule has 2 rings (SSSR count). The quantitative estimate of drug-likeness (QED) is 0.874. The molecule has 0 saturated carbocycles. The van der Waals surface area contributed by atoms with Gasteiger partial charge < -0.3 is 14.8 Å². The fourth-order valence-corrected chi connectivity index (χ4v) is 3.10. The molecule has 1 atom stereocenters. The molecule has 1 fully saturated rings. The maximum atomic E-state index is 6.42. The van der Waals surface area contributed by atoms with E-state index >= 15 is 0 Å². The molecule has 5 heteroatoms. The summed E-state index contributed by atoms with van der Waals surface area (Å²) >= 11 is 6.42. The van der Waals surface area contributed by atoms with Crippen molar-refractivity contribution in [3.05, 3.63) is 22.7 Å². The molecule has 20 heavy (non-hydrogen) atoms. The first-order valence-electron chi connectivity index (χ1n) is 6.95. The average Bonchev–Trinajstić information content (AvgIpc) is 2.88. The fraction of sp³-hybridized carbons (Fsp3) is 0.600. The van der Waals surface area contributed by atoms with E-state index in [0.29, 0.717) is 16.5 Å². The van der Waals surface area contributed by atoms with E-state index in [4.69, 9.17) is 21.1 Å². The van der Waals surface area contributed by atoms with E-state index in [1.54, 1.807) is 14.2 Å². The summed E-state index contributed by atoms with van der Waals surface area (Å²) in [7, 11) is 5.25. The van der Waals surface area contributed by atoms with Crippen LogP contribution in [0.3, 0.4) is 0 Å². The Morgan fingerprint density at radius 1 is 1.35 bits per heavy atom. The minimum Gasteiger partial charge on any atom is -0.493 e. The first kappa shape index (κ1) is 15.4. The van der Waals surface area contributed by atoms with Crippen molar-refractivity contribution < 1.29 is 9.47 Å². The molecule has 0 bridgehead atoms. The number of benzene rings is 1. The van der Waals surface area contributed by atoms with Crippen molar-refractivity contribution in [1.82, 2.24) is 10.2 Å². The zero-order chi connectivity index (χ0) is 14.5. The predicted molar refractivity (Wildman–Crippen MR) is 81.9 cm³/mol. The lowest BCUT2D eigenvalue weighted by atomic mass is 10.1. The molecule has 0 spiro atoms. The lowest BCUT2D eigenvalue weighted by molar-refractivity contribution is 0.313. The molecule has 1 unspecified atom stereocenters. The van der Waals surface area contributed by atoms with Gasteiger partial charge in [0.1, 0.15) is 0 Å². The summed E-state index contributed by atoms with van der Waals surface area (Å²) in [6, 6.07) is 3.94. The maximum absolute atomic E-state index is 6.42. The lowest BCUT2D eigenvalue weighted by Crippen LogP contribution is -2.24. The zero-order valence-electron chi connectivity index (χ0n) is 12.4. The number of hydrogen-bond donors (Lipinski definition) is 1. The summed E-state index contributed by atoms with van der Waals surface area (Å²) in [5.74, 6) is 2.03. The first-order chi connectivity index (χ1) is 9.69. The van der Waals surface area contributed by atoms with Crippen LogP contribution < -0.4 is 14.8 Å². The van der Waals surface area contributed by atoms with Crippen LogP contribution >= 0.6 is 11.6 Å². The maximum Gasteiger partial charge on any atom is 0.179 e. The van der Waals surface area contributed by atoms with Crippen LogP contribution in [0, 0.1) is 5.92 Å². The largest absolute Gasteiger partial charge is 0.493 e. The van der Waals surface area contributed by atoms with E-state index in [2.05, 4.69) is 10.2 Å². The van der Waals surface area contributed by atoms with Crippen LogP contribution in [0.15, 0.2) is 12.1 Å². The molecule has 1 saturated heterocycles. The van der Waals surface area contributed by atoms with E-state index in [1.807, 2.05) is 19.2 Å². The van der Waals surface area contributed by atoms with E-state index in [0.717, 1.165) is 37.7 Å². The molecule has 1 aliphatic heterocycles. The monoisotopic (exact) mass is 298 g/mol. The molecular weight excluding hydrogens is 276 g/mol. The van der Waals surface area contributed by atoms with Gasteiger partial charge in [-0.2, -0.15) is 0 Å². The van der Waals surface area contributed by atoms with Crippen LogP contribution in [0.1, 0.15) is 12.0 Å². The summed E-state index contributed by atoms with van der Waals surface area (Å²) < 4.78 is 10.6. The Labute approximate surface area is 126 Å². The highest BCUT2D eigenvalue weighted by atomic mass is 35.5. The van der Waals surface area contributed by atoms with Crippen molar-refractivity contribution >= 4 is 11.6 Å². The average molecular weight is 299 g/mol. The predicted octanol–water partition coefficient (Wildman–Crippen LogP) is 2.40. The Morgan fingerprint density at radius 2 is 2.15 bits per heavy atom. The Kier molecular flexibility index (Phi) is 5.52. The molecule has 1 aromatic rings. The summed E-state index contributed by atoms with van der Waals surface area (Å²) in [5, 5.41) is 3.91. The number of likely N-dealkylation sites (tertiary alicyclic amines) is 1. The molecule has 0 aliphatic carbocycles. The highest BCUT2D eigenvalue weighted by Crippen LogP contribution is 2.38. The summed E-state index contributed by atoms with van der Waals surface area (Å²) in [4.78, 5) is 2.44. The molecule has 0 aromatic heterocycles. The third kappa shape index (κ3) is 3.37. The minimum absolute atomic E-state index is 0.623. The Morgan fingerprint density at radius 3 is 2.80 bits per heavy atom. The third-order valence-corrected chi connectivity index (χ3v) is 4.24. The SMILES string of the molecule is CNCC1CCN(Cc2ccc(OC)c(OC)c2Cl)C1. The van der Waals surface area contributed by atoms with Gasteiger partial charge in [0.15, 0.2) is 11.5 Å². The van der Waals surface area contributed by atoms with Gasteiger partial charge in [0.05, 0.1) is 19.2 Å². The van der Waals surface area contributed by atoms with Crippen LogP contribution in [-0.2, 0) is 6.54 Å². The van der Waals surface area contributed by atoms with Crippen molar-refractivity contribution in [2.24, 2.45) is 5.92 Å². The van der Waals surface area contributed by atoms with Gasteiger partial charge in [0.25, 0.3) is 0 Å². The van der Waals surface area contributed by atoms with Crippen LogP contribution in [-0.4, -0.2) is 45.8 Å². The summed E-state index contributed by atoms with van der Waals surface area (Å²) in [6.07, 6.45) is 1.24. The van der Waals surface area contributed by atoms with Gasteiger partial charge in [-0.3, -0.25) is 4.90 Å². The molecule has 1 N–H and O–H groups in total. The molecule has 0 radical (unpaired) electrons.